The Morgan fingerprint density at radius 2 is 1.63 bits per heavy atom. The van der Waals surface area contributed by atoms with E-state index in [1.165, 1.54) is 76.4 Å². The largest absolute Gasteiger partial charge is 0.379 e. The summed E-state index contributed by atoms with van der Waals surface area (Å²) in [6.45, 7) is 7.45. The van der Waals surface area contributed by atoms with Gasteiger partial charge in [-0.25, -0.2) is 9.97 Å². The number of piperidine rings is 1. The number of hydrogen-bond donors (Lipinski definition) is 0. The van der Waals surface area contributed by atoms with E-state index >= 15 is 0 Å². The molecule has 0 bridgehead atoms. The summed E-state index contributed by atoms with van der Waals surface area (Å²) >= 11 is 0. The maximum absolute atomic E-state index is 5.48. The molecule has 1 aromatic heterocycles. The van der Waals surface area contributed by atoms with Crippen LogP contribution < -0.4 is 0 Å². The lowest BCUT2D eigenvalue weighted by molar-refractivity contribution is 0.0302. The van der Waals surface area contributed by atoms with Crippen LogP contribution in [0.2, 0.25) is 0 Å². The molecule has 0 spiro atoms. The van der Waals surface area contributed by atoms with E-state index in [-0.39, 0.29) is 0 Å². The molecule has 0 amide bonds. The molecule has 1 saturated carbocycles. The normalized spacial score (nSPS) is 26.3. The fraction of sp³-hybridized carbons (Fsp3) is 0.818. The van der Waals surface area contributed by atoms with Crippen molar-refractivity contribution >= 4 is 0 Å². The zero-order valence-corrected chi connectivity index (χ0v) is 16.8. The van der Waals surface area contributed by atoms with Gasteiger partial charge in [-0.3, -0.25) is 9.80 Å². The zero-order chi connectivity index (χ0) is 18.3. The highest BCUT2D eigenvalue weighted by Gasteiger charge is 2.24. The molecule has 1 atom stereocenters. The highest BCUT2D eigenvalue weighted by molar-refractivity contribution is 5.08. The number of rotatable bonds is 6. The molecule has 1 aromatic rings. The molecule has 4 rings (SSSR count). The van der Waals surface area contributed by atoms with Crippen LogP contribution in [-0.4, -0.2) is 65.2 Å². The minimum absolute atomic E-state index is 0.601. The Bertz CT molecular complexity index is 552. The summed E-state index contributed by atoms with van der Waals surface area (Å²) in [5.41, 5.74) is 1.29. The van der Waals surface area contributed by atoms with Gasteiger partial charge in [-0.15, -0.1) is 0 Å². The first-order chi connectivity index (χ1) is 13.4. The van der Waals surface area contributed by atoms with E-state index in [0.29, 0.717) is 12.0 Å². The number of morpholine rings is 1. The lowest BCUT2D eigenvalue weighted by atomic mass is 9.89. The van der Waals surface area contributed by atoms with E-state index in [1.807, 2.05) is 0 Å². The van der Waals surface area contributed by atoms with Crippen LogP contribution in [0.25, 0.3) is 0 Å². The SMILES string of the molecule is c1nc(C2CCCCC2)ncc1CN1CCCC[C@H]1CCN1CCOCC1. The molecule has 27 heavy (non-hydrogen) atoms. The minimum Gasteiger partial charge on any atom is -0.379 e. The number of nitrogens with zero attached hydrogens (tertiary/aromatic N) is 4. The molecular formula is C22H36N4O. The first-order valence-electron chi connectivity index (χ1n) is 11.2. The predicted molar refractivity (Wildman–Crippen MR) is 108 cm³/mol. The Kier molecular flexibility index (Phi) is 7.10. The molecule has 0 aromatic carbocycles. The molecule has 1 aliphatic carbocycles. The fourth-order valence-electron chi connectivity index (χ4n) is 5.00. The first-order valence-corrected chi connectivity index (χ1v) is 11.2. The van der Waals surface area contributed by atoms with Gasteiger partial charge in [-0.05, 0) is 45.2 Å². The highest BCUT2D eigenvalue weighted by atomic mass is 16.5. The summed E-state index contributed by atoms with van der Waals surface area (Å²) in [5.74, 6) is 1.69. The van der Waals surface area contributed by atoms with Crippen LogP contribution in [0, 0.1) is 0 Å². The Hall–Kier alpha value is -1.04. The molecule has 3 aliphatic rings. The minimum atomic E-state index is 0.601. The number of ether oxygens (including phenoxy) is 1. The second-order valence-electron chi connectivity index (χ2n) is 8.65. The molecule has 5 heteroatoms. The molecule has 5 nitrogen and oxygen atoms in total. The Labute approximate surface area is 164 Å². The zero-order valence-electron chi connectivity index (χ0n) is 16.8. The van der Waals surface area contributed by atoms with Crippen molar-refractivity contribution in [1.29, 1.82) is 0 Å². The fourth-order valence-corrected chi connectivity index (χ4v) is 5.00. The summed E-state index contributed by atoms with van der Waals surface area (Å²) in [4.78, 5) is 14.8. The topological polar surface area (TPSA) is 41.5 Å². The molecule has 3 fully saturated rings. The average Bonchev–Trinajstić information content (AvgIpc) is 2.75. The molecule has 3 heterocycles. The van der Waals surface area contributed by atoms with Gasteiger partial charge in [0.05, 0.1) is 13.2 Å². The Balaban J connectivity index is 1.30. The van der Waals surface area contributed by atoms with Crippen LogP contribution in [0.4, 0.5) is 0 Å². The van der Waals surface area contributed by atoms with E-state index in [1.54, 1.807) is 0 Å². The lowest BCUT2D eigenvalue weighted by Gasteiger charge is -2.37. The van der Waals surface area contributed by atoms with Crippen molar-refractivity contribution in [3.05, 3.63) is 23.8 Å². The third kappa shape index (κ3) is 5.49. The van der Waals surface area contributed by atoms with E-state index in [9.17, 15) is 0 Å². The molecule has 0 unspecified atom stereocenters. The quantitative estimate of drug-likeness (QED) is 0.763. The van der Waals surface area contributed by atoms with Crippen molar-refractivity contribution in [1.82, 2.24) is 19.8 Å². The van der Waals surface area contributed by atoms with Crippen LogP contribution in [-0.2, 0) is 11.3 Å². The summed E-state index contributed by atoms with van der Waals surface area (Å²) in [6, 6.07) is 0.708. The lowest BCUT2D eigenvalue weighted by Crippen LogP contribution is -2.43. The molecule has 150 valence electrons. The Morgan fingerprint density at radius 1 is 0.889 bits per heavy atom. The molecule has 0 radical (unpaired) electrons. The van der Waals surface area contributed by atoms with Crippen molar-refractivity contribution < 1.29 is 4.74 Å². The Morgan fingerprint density at radius 3 is 2.41 bits per heavy atom. The molecular weight excluding hydrogens is 336 g/mol. The van der Waals surface area contributed by atoms with Gasteiger partial charge >= 0.3 is 0 Å². The van der Waals surface area contributed by atoms with Gasteiger partial charge < -0.3 is 4.74 Å². The van der Waals surface area contributed by atoms with Gasteiger partial charge in [0.1, 0.15) is 5.82 Å². The summed E-state index contributed by atoms with van der Waals surface area (Å²) in [7, 11) is 0. The number of aromatic nitrogens is 2. The van der Waals surface area contributed by atoms with E-state index in [4.69, 9.17) is 14.7 Å². The summed E-state index contributed by atoms with van der Waals surface area (Å²) < 4.78 is 5.48. The van der Waals surface area contributed by atoms with E-state index in [0.717, 1.165) is 38.7 Å². The van der Waals surface area contributed by atoms with Gasteiger partial charge in [0.2, 0.25) is 0 Å². The second-order valence-corrected chi connectivity index (χ2v) is 8.65. The molecule has 0 N–H and O–H groups in total. The summed E-state index contributed by atoms with van der Waals surface area (Å²) in [6.07, 6.45) is 16.1. The maximum Gasteiger partial charge on any atom is 0.131 e. The smallest absolute Gasteiger partial charge is 0.131 e. The van der Waals surface area contributed by atoms with Crippen molar-refractivity contribution in [2.24, 2.45) is 0 Å². The molecule has 2 aliphatic heterocycles. The van der Waals surface area contributed by atoms with Crippen molar-refractivity contribution in [2.75, 3.05) is 39.4 Å². The van der Waals surface area contributed by atoms with Crippen LogP contribution in [0.5, 0.6) is 0 Å². The van der Waals surface area contributed by atoms with E-state index < -0.39 is 0 Å². The van der Waals surface area contributed by atoms with E-state index in [2.05, 4.69) is 22.2 Å². The number of hydrogen-bond acceptors (Lipinski definition) is 5. The van der Waals surface area contributed by atoms with Crippen molar-refractivity contribution in [3.8, 4) is 0 Å². The van der Waals surface area contributed by atoms with Gasteiger partial charge in [0.25, 0.3) is 0 Å². The number of likely N-dealkylation sites (tertiary alicyclic amines) is 1. The second kappa shape index (κ2) is 9.94. The third-order valence-electron chi connectivity index (χ3n) is 6.71. The van der Waals surface area contributed by atoms with Gasteiger partial charge in [-0.1, -0.05) is 25.7 Å². The van der Waals surface area contributed by atoms with Crippen LogP contribution in [0.3, 0.4) is 0 Å². The van der Waals surface area contributed by atoms with Crippen molar-refractivity contribution in [2.45, 2.75) is 76.3 Å². The predicted octanol–water partition coefficient (Wildman–Crippen LogP) is 3.60. The van der Waals surface area contributed by atoms with Crippen molar-refractivity contribution in [3.63, 3.8) is 0 Å². The first kappa shape index (κ1) is 19.3. The van der Waals surface area contributed by atoms with Crippen LogP contribution >= 0.6 is 0 Å². The monoisotopic (exact) mass is 372 g/mol. The van der Waals surface area contributed by atoms with Gasteiger partial charge in [0, 0.05) is 49.6 Å². The van der Waals surface area contributed by atoms with Gasteiger partial charge in [0.15, 0.2) is 0 Å². The maximum atomic E-state index is 5.48. The van der Waals surface area contributed by atoms with Crippen LogP contribution in [0.15, 0.2) is 12.4 Å². The van der Waals surface area contributed by atoms with Gasteiger partial charge in [-0.2, -0.15) is 0 Å². The summed E-state index contributed by atoms with van der Waals surface area (Å²) in [5, 5.41) is 0. The van der Waals surface area contributed by atoms with Crippen LogP contribution in [0.1, 0.15) is 75.1 Å². The third-order valence-corrected chi connectivity index (χ3v) is 6.71. The molecule has 2 saturated heterocycles. The average molecular weight is 373 g/mol. The standard InChI is InChI=1S/C22H36N4O/c1-2-6-20(7-3-1)22-23-16-19(17-24-22)18-26-10-5-4-8-21(26)9-11-25-12-14-27-15-13-25/h16-17,20-21H,1-15,18H2/t21-/m0/s1. The highest BCUT2D eigenvalue weighted by Crippen LogP contribution is 2.30.